The molecule has 0 spiro atoms. The van der Waals surface area contributed by atoms with Gasteiger partial charge in [0.1, 0.15) is 0 Å². The smallest absolute Gasteiger partial charge is 0.0793 e. The van der Waals surface area contributed by atoms with Crippen molar-refractivity contribution >= 4 is 11.9 Å². The zero-order chi connectivity index (χ0) is 6.69. The van der Waals surface area contributed by atoms with Crippen LogP contribution in [0.3, 0.4) is 0 Å². The second kappa shape index (κ2) is 3.41. The number of hydrogen-bond acceptors (Lipinski definition) is 4. The highest BCUT2D eigenvalue weighted by Gasteiger charge is 2.22. The van der Waals surface area contributed by atoms with Gasteiger partial charge in [0.25, 0.3) is 0 Å². The number of aliphatic hydroxyl groups excluding tert-OH is 1. The minimum atomic E-state index is -0.0761. The van der Waals surface area contributed by atoms with Crippen LogP contribution in [0.5, 0.6) is 0 Å². The van der Waals surface area contributed by atoms with E-state index in [-0.39, 0.29) is 6.10 Å². The van der Waals surface area contributed by atoms with E-state index in [2.05, 4.69) is 4.90 Å². The summed E-state index contributed by atoms with van der Waals surface area (Å²) in [5, 5.41) is 14.1. The topological polar surface area (TPSA) is 49.5 Å². The molecule has 9 heavy (non-hydrogen) atoms. The number of nitrogens with zero attached hydrogens (tertiary/aromatic N) is 1. The van der Waals surface area contributed by atoms with Crippen molar-refractivity contribution < 1.29 is 5.11 Å². The quantitative estimate of drug-likeness (QED) is 0.518. The van der Waals surface area contributed by atoms with Gasteiger partial charge in [-0.3, -0.25) is 10.0 Å². The Balaban J connectivity index is 1.91. The summed E-state index contributed by atoms with van der Waals surface area (Å²) in [5.74, 6) is 0.965. The Hall–Kier alpha value is 0.230. The van der Waals surface area contributed by atoms with E-state index < -0.39 is 0 Å². The fraction of sp³-hybridized carbons (Fsp3) is 1.00. The van der Waals surface area contributed by atoms with Crippen molar-refractivity contribution in [3.8, 4) is 0 Å². The Labute approximate surface area is 59.3 Å². The first-order valence-electron chi connectivity index (χ1n) is 3.05. The first-order valence-corrected chi connectivity index (χ1v) is 4.10. The molecule has 1 aliphatic rings. The van der Waals surface area contributed by atoms with Crippen LogP contribution in [0.15, 0.2) is 0 Å². The third-order valence-electron chi connectivity index (χ3n) is 1.46. The van der Waals surface area contributed by atoms with Gasteiger partial charge in [-0.05, 0) is 0 Å². The maximum Gasteiger partial charge on any atom is 0.0793 e. The lowest BCUT2D eigenvalue weighted by molar-refractivity contribution is 0.00648. The molecular weight excluding hydrogens is 136 g/mol. The van der Waals surface area contributed by atoms with Crippen molar-refractivity contribution in [2.75, 3.05) is 25.4 Å². The standard InChI is InChI=1S/C5H12N2OS/c6-9-2-1-7-3-5(8)4-7/h5,8H,1-4,6H2. The Morgan fingerprint density at radius 3 is 2.78 bits per heavy atom. The lowest BCUT2D eigenvalue weighted by Gasteiger charge is -2.35. The van der Waals surface area contributed by atoms with Crippen LogP contribution in [0.4, 0.5) is 0 Å². The van der Waals surface area contributed by atoms with Gasteiger partial charge >= 0.3 is 0 Å². The summed E-state index contributed by atoms with van der Waals surface area (Å²) in [5.41, 5.74) is 0. The molecule has 3 nitrogen and oxygen atoms in total. The highest BCUT2D eigenvalue weighted by molar-refractivity contribution is 7.97. The van der Waals surface area contributed by atoms with Gasteiger partial charge in [-0.15, -0.1) is 0 Å². The lowest BCUT2D eigenvalue weighted by Crippen LogP contribution is -2.51. The van der Waals surface area contributed by atoms with Crippen LogP contribution >= 0.6 is 11.9 Å². The van der Waals surface area contributed by atoms with Crippen molar-refractivity contribution in [2.24, 2.45) is 5.14 Å². The molecule has 54 valence electrons. The predicted octanol–water partition coefficient (Wildman–Crippen LogP) is -0.730. The fourth-order valence-electron chi connectivity index (χ4n) is 0.907. The predicted molar refractivity (Wildman–Crippen MR) is 39.1 cm³/mol. The molecule has 1 rings (SSSR count). The van der Waals surface area contributed by atoms with Crippen LogP contribution in [0.1, 0.15) is 0 Å². The van der Waals surface area contributed by atoms with Gasteiger partial charge in [0.05, 0.1) is 6.10 Å². The summed E-state index contributed by atoms with van der Waals surface area (Å²) in [7, 11) is 0. The molecular formula is C5H12N2OS. The van der Waals surface area contributed by atoms with E-state index in [9.17, 15) is 0 Å². The van der Waals surface area contributed by atoms with E-state index in [1.54, 1.807) is 0 Å². The number of aliphatic hydroxyl groups is 1. The summed E-state index contributed by atoms with van der Waals surface area (Å²) in [6.45, 7) is 2.68. The van der Waals surface area contributed by atoms with E-state index in [1.165, 1.54) is 11.9 Å². The minimum Gasteiger partial charge on any atom is -0.390 e. The molecule has 4 heteroatoms. The average molecular weight is 148 g/mol. The first kappa shape index (κ1) is 7.34. The van der Waals surface area contributed by atoms with Crippen LogP contribution < -0.4 is 5.14 Å². The van der Waals surface area contributed by atoms with Crippen molar-refractivity contribution in [3.63, 3.8) is 0 Å². The number of likely N-dealkylation sites (tertiary alicyclic amines) is 1. The number of rotatable bonds is 3. The van der Waals surface area contributed by atoms with E-state index in [1.807, 2.05) is 0 Å². The Bertz CT molecular complexity index is 85.0. The van der Waals surface area contributed by atoms with E-state index in [4.69, 9.17) is 10.2 Å². The molecule has 0 bridgehead atoms. The highest BCUT2D eigenvalue weighted by Crippen LogP contribution is 2.06. The van der Waals surface area contributed by atoms with Crippen LogP contribution in [-0.4, -0.2) is 41.5 Å². The van der Waals surface area contributed by atoms with Gasteiger partial charge < -0.3 is 5.11 Å². The van der Waals surface area contributed by atoms with E-state index in [0.29, 0.717) is 0 Å². The summed E-state index contributed by atoms with van der Waals surface area (Å²) in [6.07, 6.45) is -0.0761. The summed E-state index contributed by atoms with van der Waals surface area (Å²) in [4.78, 5) is 2.19. The molecule has 0 amide bonds. The average Bonchev–Trinajstić information content (AvgIpc) is 1.78. The van der Waals surface area contributed by atoms with E-state index >= 15 is 0 Å². The molecule has 1 heterocycles. The molecule has 0 aromatic heterocycles. The molecule has 0 aromatic rings. The van der Waals surface area contributed by atoms with Gasteiger partial charge in [-0.25, -0.2) is 0 Å². The van der Waals surface area contributed by atoms with Crippen LogP contribution in [0, 0.1) is 0 Å². The zero-order valence-corrected chi connectivity index (χ0v) is 6.10. The molecule has 0 radical (unpaired) electrons. The Morgan fingerprint density at radius 1 is 1.67 bits per heavy atom. The molecule has 0 saturated carbocycles. The molecule has 0 atom stereocenters. The fourth-order valence-corrected chi connectivity index (χ4v) is 1.27. The van der Waals surface area contributed by atoms with Crippen LogP contribution in [0.2, 0.25) is 0 Å². The van der Waals surface area contributed by atoms with Crippen LogP contribution in [-0.2, 0) is 0 Å². The van der Waals surface area contributed by atoms with E-state index in [0.717, 1.165) is 25.4 Å². The summed E-state index contributed by atoms with van der Waals surface area (Å²) >= 11 is 1.36. The largest absolute Gasteiger partial charge is 0.390 e. The van der Waals surface area contributed by atoms with Gasteiger partial charge in [0.2, 0.25) is 0 Å². The molecule has 3 N–H and O–H groups in total. The van der Waals surface area contributed by atoms with Crippen molar-refractivity contribution in [1.29, 1.82) is 0 Å². The second-order valence-corrected chi connectivity index (χ2v) is 3.03. The Kier molecular flexibility index (Phi) is 2.78. The van der Waals surface area contributed by atoms with Crippen LogP contribution in [0.25, 0.3) is 0 Å². The van der Waals surface area contributed by atoms with Crippen molar-refractivity contribution in [2.45, 2.75) is 6.10 Å². The monoisotopic (exact) mass is 148 g/mol. The maximum absolute atomic E-state index is 8.84. The molecule has 0 aromatic carbocycles. The highest BCUT2D eigenvalue weighted by atomic mass is 32.2. The third kappa shape index (κ3) is 2.14. The lowest BCUT2D eigenvalue weighted by atomic mass is 10.2. The number of nitrogens with two attached hydrogens (primary N) is 1. The molecule has 0 aliphatic carbocycles. The summed E-state index contributed by atoms with van der Waals surface area (Å²) in [6, 6.07) is 0. The number of β-amino-alcohol motifs (C(OH)–C–C–N with tert-alkyl or cyclic N) is 1. The summed E-state index contributed by atoms with van der Waals surface area (Å²) < 4.78 is 0. The van der Waals surface area contributed by atoms with Gasteiger partial charge in [0.15, 0.2) is 0 Å². The zero-order valence-electron chi connectivity index (χ0n) is 5.29. The van der Waals surface area contributed by atoms with Gasteiger partial charge in [-0.1, -0.05) is 11.9 Å². The van der Waals surface area contributed by atoms with Gasteiger partial charge in [0, 0.05) is 25.4 Å². The maximum atomic E-state index is 8.84. The van der Waals surface area contributed by atoms with Crippen molar-refractivity contribution in [3.05, 3.63) is 0 Å². The second-order valence-electron chi connectivity index (χ2n) is 2.28. The number of hydrogen-bond donors (Lipinski definition) is 2. The Morgan fingerprint density at radius 2 is 2.33 bits per heavy atom. The normalized spacial score (nSPS) is 22.0. The minimum absolute atomic E-state index is 0.0761. The molecule has 1 aliphatic heterocycles. The first-order chi connectivity index (χ1) is 4.33. The van der Waals surface area contributed by atoms with Gasteiger partial charge in [-0.2, -0.15) is 0 Å². The molecule has 1 saturated heterocycles. The third-order valence-corrected chi connectivity index (χ3v) is 1.88. The molecule has 1 fully saturated rings. The van der Waals surface area contributed by atoms with Crippen molar-refractivity contribution in [1.82, 2.24) is 4.90 Å². The molecule has 0 unspecified atom stereocenters. The SMILES string of the molecule is NSCCN1CC(O)C1.